The molecule has 1 saturated carbocycles. The Balaban J connectivity index is 2.05. The van der Waals surface area contributed by atoms with Crippen LogP contribution in [0.5, 0.6) is 0 Å². The van der Waals surface area contributed by atoms with Crippen molar-refractivity contribution < 1.29 is 0 Å². The van der Waals surface area contributed by atoms with Crippen molar-refractivity contribution in [3.05, 3.63) is 34.2 Å². The Kier molecular flexibility index (Phi) is 2.14. The summed E-state index contributed by atoms with van der Waals surface area (Å²) < 4.78 is 2.58. The standard InChI is InChI=1S/C11H12N4S/c1-7-2-5-10(13-12-7)15-11(16)6-9(14-15)8-3-4-8/h2,5-6,8,14H,3-4H2,1H3. The molecule has 82 valence electrons. The second kappa shape index (κ2) is 3.52. The molecule has 1 aliphatic carbocycles. The van der Waals surface area contributed by atoms with E-state index in [1.54, 1.807) is 0 Å². The van der Waals surface area contributed by atoms with Crippen LogP contribution in [-0.2, 0) is 0 Å². The highest BCUT2D eigenvalue weighted by Crippen LogP contribution is 2.39. The minimum Gasteiger partial charge on any atom is -0.295 e. The van der Waals surface area contributed by atoms with Gasteiger partial charge in [0.2, 0.25) is 0 Å². The van der Waals surface area contributed by atoms with Gasteiger partial charge in [-0.15, -0.1) is 5.10 Å². The molecular formula is C11H12N4S. The maximum absolute atomic E-state index is 5.30. The van der Waals surface area contributed by atoms with Crippen LogP contribution in [-0.4, -0.2) is 20.0 Å². The Morgan fingerprint density at radius 1 is 1.38 bits per heavy atom. The molecule has 1 N–H and O–H groups in total. The van der Waals surface area contributed by atoms with Crippen LogP contribution in [0.25, 0.3) is 5.82 Å². The number of aromatic nitrogens is 4. The van der Waals surface area contributed by atoms with Gasteiger partial charge < -0.3 is 0 Å². The van der Waals surface area contributed by atoms with Gasteiger partial charge in [-0.2, -0.15) is 5.10 Å². The predicted octanol–water partition coefficient (Wildman–Crippen LogP) is 2.51. The van der Waals surface area contributed by atoms with E-state index in [0.29, 0.717) is 5.92 Å². The molecule has 5 heteroatoms. The molecule has 0 bridgehead atoms. The number of hydrogen-bond acceptors (Lipinski definition) is 3. The lowest BCUT2D eigenvalue weighted by Crippen LogP contribution is -2.02. The van der Waals surface area contributed by atoms with Crippen LogP contribution in [0.1, 0.15) is 30.1 Å². The third-order valence-electron chi connectivity index (χ3n) is 2.77. The van der Waals surface area contributed by atoms with Crippen molar-refractivity contribution in [3.8, 4) is 5.82 Å². The van der Waals surface area contributed by atoms with Crippen molar-refractivity contribution in [1.29, 1.82) is 0 Å². The summed E-state index contributed by atoms with van der Waals surface area (Å²) in [5.74, 6) is 1.42. The molecule has 0 amide bonds. The first-order chi connectivity index (χ1) is 7.74. The van der Waals surface area contributed by atoms with Crippen molar-refractivity contribution in [1.82, 2.24) is 20.0 Å². The number of nitrogens with zero attached hydrogens (tertiary/aromatic N) is 3. The molecule has 0 unspecified atom stereocenters. The molecular weight excluding hydrogens is 220 g/mol. The van der Waals surface area contributed by atoms with Gasteiger partial charge >= 0.3 is 0 Å². The van der Waals surface area contributed by atoms with E-state index < -0.39 is 0 Å². The third kappa shape index (κ3) is 1.67. The highest BCUT2D eigenvalue weighted by Gasteiger charge is 2.25. The smallest absolute Gasteiger partial charge is 0.175 e. The average molecular weight is 232 g/mol. The summed E-state index contributed by atoms with van der Waals surface area (Å²) in [7, 11) is 0. The minimum absolute atomic E-state index is 0.668. The normalized spacial score (nSPS) is 15.3. The zero-order valence-electron chi connectivity index (χ0n) is 8.97. The SMILES string of the molecule is Cc1ccc(-n2[nH]c(C3CC3)cc2=S)nn1. The van der Waals surface area contributed by atoms with Gasteiger partial charge in [0.1, 0.15) is 4.64 Å². The van der Waals surface area contributed by atoms with E-state index in [9.17, 15) is 0 Å². The monoisotopic (exact) mass is 232 g/mol. The number of hydrogen-bond donors (Lipinski definition) is 1. The van der Waals surface area contributed by atoms with Crippen LogP contribution in [0, 0.1) is 11.6 Å². The molecule has 2 heterocycles. The fraction of sp³-hybridized carbons (Fsp3) is 0.364. The number of rotatable bonds is 2. The van der Waals surface area contributed by atoms with Gasteiger partial charge in [0, 0.05) is 11.6 Å². The topological polar surface area (TPSA) is 46.5 Å². The lowest BCUT2D eigenvalue weighted by Gasteiger charge is -2.00. The largest absolute Gasteiger partial charge is 0.295 e. The predicted molar refractivity (Wildman–Crippen MR) is 63.3 cm³/mol. The molecule has 0 aliphatic heterocycles. The lowest BCUT2D eigenvalue weighted by molar-refractivity contribution is 0.777. The van der Waals surface area contributed by atoms with Gasteiger partial charge in [-0.05, 0) is 38.0 Å². The Bertz CT molecular complexity index is 562. The summed E-state index contributed by atoms with van der Waals surface area (Å²) in [6.07, 6.45) is 2.52. The summed E-state index contributed by atoms with van der Waals surface area (Å²) in [5.41, 5.74) is 2.12. The summed E-state index contributed by atoms with van der Waals surface area (Å²) in [6.45, 7) is 1.92. The van der Waals surface area contributed by atoms with E-state index in [-0.39, 0.29) is 0 Å². The number of aryl methyl sites for hydroxylation is 1. The molecule has 1 fully saturated rings. The molecule has 0 atom stereocenters. The number of nitrogens with one attached hydrogen (secondary N) is 1. The van der Waals surface area contributed by atoms with E-state index in [1.807, 2.05) is 29.8 Å². The molecule has 0 radical (unpaired) electrons. The summed E-state index contributed by atoms with van der Waals surface area (Å²) in [5, 5.41) is 11.4. The first-order valence-corrected chi connectivity index (χ1v) is 5.77. The van der Waals surface area contributed by atoms with E-state index in [0.717, 1.165) is 16.2 Å². The van der Waals surface area contributed by atoms with Gasteiger partial charge in [0.05, 0.1) is 5.69 Å². The molecule has 16 heavy (non-hydrogen) atoms. The van der Waals surface area contributed by atoms with Crippen molar-refractivity contribution >= 4 is 12.2 Å². The number of aromatic amines is 1. The summed E-state index contributed by atoms with van der Waals surface area (Å²) in [6, 6.07) is 5.88. The van der Waals surface area contributed by atoms with Crippen LogP contribution < -0.4 is 0 Å². The van der Waals surface area contributed by atoms with Crippen molar-refractivity contribution in [2.45, 2.75) is 25.7 Å². The first-order valence-electron chi connectivity index (χ1n) is 5.37. The zero-order valence-corrected chi connectivity index (χ0v) is 9.79. The Morgan fingerprint density at radius 2 is 2.19 bits per heavy atom. The van der Waals surface area contributed by atoms with Crippen molar-refractivity contribution in [3.63, 3.8) is 0 Å². The Labute approximate surface area is 98.3 Å². The van der Waals surface area contributed by atoms with Crippen molar-refractivity contribution in [2.75, 3.05) is 0 Å². The third-order valence-corrected chi connectivity index (χ3v) is 3.07. The van der Waals surface area contributed by atoms with Gasteiger partial charge in [0.15, 0.2) is 5.82 Å². The van der Waals surface area contributed by atoms with Gasteiger partial charge in [-0.1, -0.05) is 12.2 Å². The molecule has 4 nitrogen and oxygen atoms in total. The summed E-state index contributed by atoms with van der Waals surface area (Å²) >= 11 is 5.30. The molecule has 2 aromatic heterocycles. The van der Waals surface area contributed by atoms with Crippen LogP contribution in [0.3, 0.4) is 0 Å². The Hall–Kier alpha value is -1.49. The lowest BCUT2D eigenvalue weighted by atomic mass is 10.3. The summed E-state index contributed by atoms with van der Waals surface area (Å²) in [4.78, 5) is 0. The quantitative estimate of drug-likeness (QED) is 0.809. The van der Waals surface area contributed by atoms with E-state index >= 15 is 0 Å². The molecule has 0 aromatic carbocycles. The van der Waals surface area contributed by atoms with Crippen LogP contribution in [0.4, 0.5) is 0 Å². The van der Waals surface area contributed by atoms with Crippen LogP contribution in [0.15, 0.2) is 18.2 Å². The molecule has 0 saturated heterocycles. The molecule has 0 spiro atoms. The molecule has 2 aromatic rings. The molecule has 1 aliphatic rings. The first kappa shape index (κ1) is 9.72. The highest BCUT2D eigenvalue weighted by molar-refractivity contribution is 7.71. The van der Waals surface area contributed by atoms with Gasteiger partial charge in [-0.25, -0.2) is 4.68 Å². The Morgan fingerprint density at radius 3 is 2.81 bits per heavy atom. The van der Waals surface area contributed by atoms with Crippen LogP contribution in [0.2, 0.25) is 0 Å². The van der Waals surface area contributed by atoms with E-state index in [1.165, 1.54) is 18.5 Å². The second-order valence-corrected chi connectivity index (χ2v) is 4.61. The average Bonchev–Trinajstić information content (AvgIpc) is 3.04. The van der Waals surface area contributed by atoms with Crippen molar-refractivity contribution in [2.24, 2.45) is 0 Å². The van der Waals surface area contributed by atoms with Gasteiger partial charge in [-0.3, -0.25) is 5.10 Å². The zero-order chi connectivity index (χ0) is 11.1. The second-order valence-electron chi connectivity index (χ2n) is 4.19. The minimum atomic E-state index is 0.668. The maximum atomic E-state index is 5.30. The fourth-order valence-electron chi connectivity index (χ4n) is 1.70. The van der Waals surface area contributed by atoms with Gasteiger partial charge in [0.25, 0.3) is 0 Å². The number of H-pyrrole nitrogens is 1. The van der Waals surface area contributed by atoms with E-state index in [2.05, 4.69) is 15.3 Å². The molecule has 3 rings (SSSR count). The maximum Gasteiger partial charge on any atom is 0.175 e. The highest BCUT2D eigenvalue weighted by atomic mass is 32.1. The fourth-order valence-corrected chi connectivity index (χ4v) is 1.96. The van der Waals surface area contributed by atoms with E-state index in [4.69, 9.17) is 12.2 Å². The van der Waals surface area contributed by atoms with Crippen LogP contribution >= 0.6 is 12.2 Å².